The predicted molar refractivity (Wildman–Crippen MR) is 57.5 cm³/mol. The first-order valence-electron chi connectivity index (χ1n) is 4.14. The molecule has 0 heterocycles. The van der Waals surface area contributed by atoms with Gasteiger partial charge in [0.25, 0.3) is 0 Å². The number of carbonyl (C=O) groups is 1. The van der Waals surface area contributed by atoms with Crippen LogP contribution in [0.5, 0.6) is 0 Å². The van der Waals surface area contributed by atoms with Gasteiger partial charge >= 0.3 is 5.97 Å². The molecular formula is C8H16ClNO2S. The normalized spacial score (nSPS) is 12.5. The molecule has 0 aromatic carbocycles. The van der Waals surface area contributed by atoms with Crippen molar-refractivity contribution in [2.45, 2.75) is 11.8 Å². The molecule has 0 radical (unpaired) electrons. The molecular weight excluding hydrogens is 210 g/mol. The number of hydrogen-bond acceptors (Lipinski definition) is 4. The first-order valence-corrected chi connectivity index (χ1v) is 5.97. The highest BCUT2D eigenvalue weighted by molar-refractivity contribution is 7.98. The van der Waals surface area contributed by atoms with E-state index >= 15 is 0 Å². The van der Waals surface area contributed by atoms with Crippen molar-refractivity contribution < 1.29 is 9.53 Å². The summed E-state index contributed by atoms with van der Waals surface area (Å²) < 4.78 is 4.48. The first-order chi connectivity index (χ1) is 6.22. The maximum absolute atomic E-state index is 10.8. The van der Waals surface area contributed by atoms with Crippen LogP contribution in [0.3, 0.4) is 0 Å². The zero-order chi connectivity index (χ0) is 10.1. The zero-order valence-electron chi connectivity index (χ0n) is 8.01. The topological polar surface area (TPSA) is 38.3 Å². The SMILES string of the molecule is COC(=O)C(Cl)CNCCCSC. The lowest BCUT2D eigenvalue weighted by atomic mass is 10.4. The fourth-order valence-corrected chi connectivity index (χ4v) is 1.41. The Morgan fingerprint density at radius 1 is 1.69 bits per heavy atom. The lowest BCUT2D eigenvalue weighted by Gasteiger charge is -2.07. The van der Waals surface area contributed by atoms with Crippen LogP contribution in [0, 0.1) is 0 Å². The molecule has 0 spiro atoms. The number of halogens is 1. The molecule has 0 amide bonds. The van der Waals surface area contributed by atoms with E-state index in [1.165, 1.54) is 7.11 Å². The first kappa shape index (κ1) is 13.1. The van der Waals surface area contributed by atoms with E-state index in [0.717, 1.165) is 18.7 Å². The molecule has 0 bridgehead atoms. The summed E-state index contributed by atoms with van der Waals surface area (Å²) in [7, 11) is 1.34. The lowest BCUT2D eigenvalue weighted by Crippen LogP contribution is -2.30. The molecule has 0 rings (SSSR count). The molecule has 0 saturated carbocycles. The van der Waals surface area contributed by atoms with Crippen molar-refractivity contribution in [2.75, 3.05) is 32.2 Å². The van der Waals surface area contributed by atoms with Gasteiger partial charge in [-0.1, -0.05) is 0 Å². The molecule has 5 heteroatoms. The van der Waals surface area contributed by atoms with E-state index < -0.39 is 5.38 Å². The number of hydrogen-bond donors (Lipinski definition) is 1. The Balaban J connectivity index is 3.26. The Bertz CT molecular complexity index is 146. The third-order valence-electron chi connectivity index (χ3n) is 1.48. The van der Waals surface area contributed by atoms with Crippen LogP contribution in [-0.2, 0) is 9.53 Å². The average Bonchev–Trinajstić information content (AvgIpc) is 2.16. The van der Waals surface area contributed by atoms with Crippen LogP contribution in [0.2, 0.25) is 0 Å². The van der Waals surface area contributed by atoms with Crippen molar-refractivity contribution in [3.8, 4) is 0 Å². The number of esters is 1. The Hall–Kier alpha value is 0.0700. The minimum Gasteiger partial charge on any atom is -0.468 e. The molecule has 0 aliphatic carbocycles. The number of ether oxygens (including phenoxy) is 1. The fraction of sp³-hybridized carbons (Fsp3) is 0.875. The largest absolute Gasteiger partial charge is 0.468 e. The van der Waals surface area contributed by atoms with Gasteiger partial charge < -0.3 is 10.1 Å². The summed E-state index contributed by atoms with van der Waals surface area (Å²) in [5, 5.41) is 2.52. The van der Waals surface area contributed by atoms with Gasteiger partial charge in [-0.15, -0.1) is 11.6 Å². The van der Waals surface area contributed by atoms with E-state index in [-0.39, 0.29) is 5.97 Å². The van der Waals surface area contributed by atoms with Crippen molar-refractivity contribution in [3.05, 3.63) is 0 Å². The van der Waals surface area contributed by atoms with Gasteiger partial charge in [0, 0.05) is 6.54 Å². The summed E-state index contributed by atoms with van der Waals surface area (Å²) in [5.74, 6) is 0.747. The highest BCUT2D eigenvalue weighted by atomic mass is 35.5. The zero-order valence-corrected chi connectivity index (χ0v) is 9.58. The number of methoxy groups -OCH3 is 1. The molecule has 3 nitrogen and oxygen atoms in total. The van der Waals surface area contributed by atoms with E-state index in [1.807, 2.05) is 0 Å². The number of carbonyl (C=O) groups excluding carboxylic acids is 1. The standard InChI is InChI=1S/C8H16ClNO2S/c1-12-8(11)7(9)6-10-4-3-5-13-2/h7,10H,3-6H2,1-2H3. The van der Waals surface area contributed by atoms with Gasteiger partial charge in [0.15, 0.2) is 0 Å². The van der Waals surface area contributed by atoms with Gasteiger partial charge in [0.05, 0.1) is 7.11 Å². The van der Waals surface area contributed by atoms with E-state index in [1.54, 1.807) is 11.8 Å². The smallest absolute Gasteiger partial charge is 0.325 e. The molecule has 0 fully saturated rings. The maximum Gasteiger partial charge on any atom is 0.325 e. The van der Waals surface area contributed by atoms with Gasteiger partial charge in [0.1, 0.15) is 5.38 Å². The number of nitrogens with one attached hydrogen (secondary N) is 1. The third kappa shape index (κ3) is 7.16. The maximum atomic E-state index is 10.8. The van der Waals surface area contributed by atoms with E-state index in [4.69, 9.17) is 11.6 Å². The van der Waals surface area contributed by atoms with Gasteiger partial charge in [0.2, 0.25) is 0 Å². The third-order valence-corrected chi connectivity index (χ3v) is 2.51. The summed E-state index contributed by atoms with van der Waals surface area (Å²) >= 11 is 7.51. The molecule has 1 N–H and O–H groups in total. The second kappa shape index (κ2) is 8.66. The van der Waals surface area contributed by atoms with Crippen LogP contribution in [0.25, 0.3) is 0 Å². The second-order valence-corrected chi connectivity index (χ2v) is 4.05. The van der Waals surface area contributed by atoms with Gasteiger partial charge in [-0.2, -0.15) is 11.8 Å². The van der Waals surface area contributed by atoms with Crippen LogP contribution in [0.4, 0.5) is 0 Å². The fourth-order valence-electron chi connectivity index (χ4n) is 0.782. The minimum absolute atomic E-state index is 0.376. The van der Waals surface area contributed by atoms with Crippen molar-refractivity contribution in [1.29, 1.82) is 0 Å². The van der Waals surface area contributed by atoms with Crippen LogP contribution in [0.15, 0.2) is 0 Å². The molecule has 0 aromatic rings. The van der Waals surface area contributed by atoms with E-state index in [9.17, 15) is 4.79 Å². The average molecular weight is 226 g/mol. The van der Waals surface area contributed by atoms with Crippen molar-refractivity contribution >= 4 is 29.3 Å². The summed E-state index contributed by atoms with van der Waals surface area (Å²) in [5.41, 5.74) is 0. The highest BCUT2D eigenvalue weighted by Gasteiger charge is 2.13. The highest BCUT2D eigenvalue weighted by Crippen LogP contribution is 1.97. The molecule has 0 aliphatic heterocycles. The van der Waals surface area contributed by atoms with Gasteiger partial charge in [-0.25, -0.2) is 0 Å². The van der Waals surface area contributed by atoms with Crippen LogP contribution < -0.4 is 5.32 Å². The molecule has 0 aliphatic rings. The molecule has 13 heavy (non-hydrogen) atoms. The molecule has 1 unspecified atom stereocenters. The summed E-state index contributed by atoms with van der Waals surface area (Å²) in [6.07, 6.45) is 3.16. The second-order valence-electron chi connectivity index (χ2n) is 2.54. The van der Waals surface area contributed by atoms with Crippen molar-refractivity contribution in [2.24, 2.45) is 0 Å². The molecule has 1 atom stereocenters. The van der Waals surface area contributed by atoms with Crippen molar-refractivity contribution in [1.82, 2.24) is 5.32 Å². The monoisotopic (exact) mass is 225 g/mol. The van der Waals surface area contributed by atoms with Gasteiger partial charge in [-0.3, -0.25) is 4.79 Å². The Kier molecular flexibility index (Phi) is 8.71. The van der Waals surface area contributed by atoms with E-state index in [0.29, 0.717) is 6.54 Å². The van der Waals surface area contributed by atoms with Gasteiger partial charge in [-0.05, 0) is 25.0 Å². The molecule has 78 valence electrons. The number of alkyl halides is 1. The quantitative estimate of drug-likeness (QED) is 0.400. The summed E-state index contributed by atoms with van der Waals surface area (Å²) in [6, 6.07) is 0. The minimum atomic E-state index is -0.570. The van der Waals surface area contributed by atoms with Crippen molar-refractivity contribution in [3.63, 3.8) is 0 Å². The summed E-state index contributed by atoms with van der Waals surface area (Å²) in [6.45, 7) is 1.36. The predicted octanol–water partition coefficient (Wildman–Crippen LogP) is 1.11. The number of rotatable bonds is 7. The molecule has 0 aromatic heterocycles. The summed E-state index contributed by atoms with van der Waals surface area (Å²) in [4.78, 5) is 10.8. The van der Waals surface area contributed by atoms with Crippen LogP contribution >= 0.6 is 23.4 Å². The van der Waals surface area contributed by atoms with Crippen LogP contribution in [-0.4, -0.2) is 43.6 Å². The Labute approximate surface area is 88.5 Å². The number of thioether (sulfide) groups is 1. The van der Waals surface area contributed by atoms with Crippen LogP contribution in [0.1, 0.15) is 6.42 Å². The molecule has 0 saturated heterocycles. The Morgan fingerprint density at radius 3 is 2.92 bits per heavy atom. The Morgan fingerprint density at radius 2 is 2.38 bits per heavy atom. The lowest BCUT2D eigenvalue weighted by molar-refractivity contribution is -0.140. The van der Waals surface area contributed by atoms with E-state index in [2.05, 4.69) is 16.3 Å².